The number of hydrogen-bond acceptors (Lipinski definition) is 3. The molecule has 0 aromatic heterocycles. The molecule has 2 N–H and O–H groups in total. The van der Waals surface area contributed by atoms with Crippen molar-refractivity contribution in [3.8, 4) is 0 Å². The zero-order chi connectivity index (χ0) is 20.8. The lowest BCUT2D eigenvalue weighted by atomic mass is 10.1. The fourth-order valence-corrected chi connectivity index (χ4v) is 5.12. The summed E-state index contributed by atoms with van der Waals surface area (Å²) < 4.78 is 0. The Morgan fingerprint density at radius 1 is 1.00 bits per heavy atom. The molecule has 30 heavy (non-hydrogen) atoms. The van der Waals surface area contributed by atoms with E-state index >= 15 is 0 Å². The van der Waals surface area contributed by atoms with E-state index in [4.69, 9.17) is 0 Å². The van der Waals surface area contributed by atoms with Gasteiger partial charge in [0.2, 0.25) is 0 Å². The highest BCUT2D eigenvalue weighted by Gasteiger charge is 2.30. The van der Waals surface area contributed by atoms with Crippen LogP contribution in [-0.4, -0.2) is 67.0 Å². The van der Waals surface area contributed by atoms with E-state index < -0.39 is 0 Å². The molecule has 1 amide bonds. The molecule has 164 valence electrons. The van der Waals surface area contributed by atoms with Gasteiger partial charge in [-0.25, -0.2) is 0 Å². The van der Waals surface area contributed by atoms with Crippen LogP contribution >= 0.6 is 0 Å². The van der Waals surface area contributed by atoms with Gasteiger partial charge < -0.3 is 15.5 Å². The van der Waals surface area contributed by atoms with Crippen LogP contribution in [0.5, 0.6) is 0 Å². The minimum Gasteiger partial charge on any atom is -0.352 e. The smallest absolute Gasteiger partial charge is 0.253 e. The van der Waals surface area contributed by atoms with Crippen molar-refractivity contribution < 1.29 is 4.79 Å². The summed E-state index contributed by atoms with van der Waals surface area (Å²) >= 11 is 0. The Kier molecular flexibility index (Phi) is 7.26. The third kappa shape index (κ3) is 5.34. The first-order chi connectivity index (χ1) is 14.7. The third-order valence-electron chi connectivity index (χ3n) is 6.93. The minimum atomic E-state index is 0.166. The maximum Gasteiger partial charge on any atom is 0.253 e. The third-order valence-corrected chi connectivity index (χ3v) is 6.93. The van der Waals surface area contributed by atoms with E-state index in [1.807, 2.05) is 24.1 Å². The molecule has 0 bridgehead atoms. The average Bonchev–Trinajstić information content (AvgIpc) is 3.49. The number of aliphatic imine (C=N–C) groups is 1. The van der Waals surface area contributed by atoms with Gasteiger partial charge in [-0.1, -0.05) is 25.0 Å². The molecule has 6 nitrogen and oxygen atoms in total. The van der Waals surface area contributed by atoms with Gasteiger partial charge in [0.05, 0.1) is 0 Å². The zero-order valence-electron chi connectivity index (χ0n) is 18.4. The molecule has 1 atom stereocenters. The van der Waals surface area contributed by atoms with Crippen molar-refractivity contribution in [1.29, 1.82) is 0 Å². The number of hydrogen-bond donors (Lipinski definition) is 2. The van der Waals surface area contributed by atoms with Gasteiger partial charge in [-0.05, 0) is 56.2 Å². The number of carbonyl (C=O) groups excluding carboxylic acids is 1. The summed E-state index contributed by atoms with van der Waals surface area (Å²) in [6.45, 7) is 4.81. The summed E-state index contributed by atoms with van der Waals surface area (Å²) in [6, 6.07) is 9.30. The van der Waals surface area contributed by atoms with Gasteiger partial charge in [-0.2, -0.15) is 0 Å². The first-order valence-electron chi connectivity index (χ1n) is 11.8. The van der Waals surface area contributed by atoms with Crippen molar-refractivity contribution in [2.24, 2.45) is 4.99 Å². The molecule has 3 fully saturated rings. The number of likely N-dealkylation sites (tertiary alicyclic amines) is 2. The first-order valence-corrected chi connectivity index (χ1v) is 11.8. The van der Waals surface area contributed by atoms with Crippen molar-refractivity contribution in [2.45, 2.75) is 70.0 Å². The number of amides is 1. The standard InChI is InChI=1S/C24H37N5O/c1-25-24(27-21-13-16-29(18-21)22-7-3-4-8-22)26-17-19-9-11-20(12-10-19)23(30)28-14-5-2-6-15-28/h9-12,21-22H,2-8,13-18H2,1H3,(H2,25,26,27). The van der Waals surface area contributed by atoms with Gasteiger partial charge in [-0.15, -0.1) is 0 Å². The molecular weight excluding hydrogens is 374 g/mol. The Labute approximate surface area is 181 Å². The summed E-state index contributed by atoms with van der Waals surface area (Å²) in [6.07, 6.45) is 10.2. The molecule has 1 aromatic rings. The fraction of sp³-hybridized carbons (Fsp3) is 0.667. The summed E-state index contributed by atoms with van der Waals surface area (Å²) in [5.74, 6) is 1.03. The second-order valence-corrected chi connectivity index (χ2v) is 9.04. The number of nitrogens with zero attached hydrogens (tertiary/aromatic N) is 3. The summed E-state index contributed by atoms with van der Waals surface area (Å²) in [7, 11) is 1.83. The van der Waals surface area contributed by atoms with Crippen LogP contribution < -0.4 is 10.6 Å². The summed E-state index contributed by atoms with van der Waals surface area (Å²) in [5.41, 5.74) is 1.95. The molecular formula is C24H37N5O. The van der Waals surface area contributed by atoms with E-state index in [1.54, 1.807) is 0 Å². The monoisotopic (exact) mass is 411 g/mol. The van der Waals surface area contributed by atoms with E-state index in [9.17, 15) is 4.79 Å². The number of guanidine groups is 1. The maximum absolute atomic E-state index is 12.6. The number of benzene rings is 1. The highest BCUT2D eigenvalue weighted by atomic mass is 16.2. The molecule has 2 aliphatic heterocycles. The predicted molar refractivity (Wildman–Crippen MR) is 122 cm³/mol. The topological polar surface area (TPSA) is 60.0 Å². The van der Waals surface area contributed by atoms with Crippen LogP contribution in [-0.2, 0) is 6.54 Å². The highest BCUT2D eigenvalue weighted by molar-refractivity contribution is 5.94. The van der Waals surface area contributed by atoms with Crippen LogP contribution in [0.4, 0.5) is 0 Å². The molecule has 1 saturated carbocycles. The summed E-state index contributed by atoms with van der Waals surface area (Å²) in [4.78, 5) is 21.7. The zero-order valence-corrected chi connectivity index (χ0v) is 18.4. The van der Waals surface area contributed by atoms with Crippen molar-refractivity contribution in [1.82, 2.24) is 20.4 Å². The first kappa shape index (κ1) is 21.2. The van der Waals surface area contributed by atoms with Crippen LogP contribution in [0.3, 0.4) is 0 Å². The van der Waals surface area contributed by atoms with Crippen molar-refractivity contribution >= 4 is 11.9 Å². The normalized spacial score (nSPS) is 23.7. The van der Waals surface area contributed by atoms with E-state index in [0.717, 1.165) is 55.6 Å². The predicted octanol–water partition coefficient (Wildman–Crippen LogP) is 2.99. The van der Waals surface area contributed by atoms with Gasteiger partial charge in [0.1, 0.15) is 0 Å². The lowest BCUT2D eigenvalue weighted by molar-refractivity contribution is 0.0724. The van der Waals surface area contributed by atoms with E-state index in [1.165, 1.54) is 45.1 Å². The quantitative estimate of drug-likeness (QED) is 0.578. The number of nitrogens with one attached hydrogen (secondary N) is 2. The molecule has 1 aliphatic carbocycles. The lowest BCUT2D eigenvalue weighted by Crippen LogP contribution is -2.45. The summed E-state index contributed by atoms with van der Waals surface area (Å²) in [5, 5.41) is 7.03. The second kappa shape index (κ2) is 10.3. The molecule has 0 radical (unpaired) electrons. The largest absolute Gasteiger partial charge is 0.352 e. The Morgan fingerprint density at radius 2 is 1.73 bits per heavy atom. The second-order valence-electron chi connectivity index (χ2n) is 9.04. The Hall–Kier alpha value is -2.08. The maximum atomic E-state index is 12.6. The highest BCUT2D eigenvalue weighted by Crippen LogP contribution is 2.26. The van der Waals surface area contributed by atoms with Crippen LogP contribution in [0.25, 0.3) is 0 Å². The van der Waals surface area contributed by atoms with Crippen molar-refractivity contribution in [3.05, 3.63) is 35.4 Å². The van der Waals surface area contributed by atoms with Gasteiger partial charge in [0, 0.05) is 57.4 Å². The SMILES string of the molecule is CN=C(NCc1ccc(C(=O)N2CCCCC2)cc1)NC1CCN(C2CCCC2)C1. The number of piperidine rings is 1. The van der Waals surface area contributed by atoms with Crippen molar-refractivity contribution in [3.63, 3.8) is 0 Å². The molecule has 6 heteroatoms. The molecule has 4 rings (SSSR count). The number of carbonyl (C=O) groups is 1. The van der Waals surface area contributed by atoms with E-state index in [2.05, 4.69) is 32.7 Å². The Morgan fingerprint density at radius 3 is 2.43 bits per heavy atom. The Bertz CT molecular complexity index is 720. The molecule has 2 saturated heterocycles. The fourth-order valence-electron chi connectivity index (χ4n) is 5.12. The molecule has 1 unspecified atom stereocenters. The van der Waals surface area contributed by atoms with Crippen LogP contribution in [0.2, 0.25) is 0 Å². The van der Waals surface area contributed by atoms with Gasteiger partial charge in [0.25, 0.3) is 5.91 Å². The lowest BCUT2D eigenvalue weighted by Gasteiger charge is -2.26. The molecule has 2 heterocycles. The van der Waals surface area contributed by atoms with Crippen LogP contribution in [0.1, 0.15) is 67.3 Å². The number of rotatable bonds is 5. The van der Waals surface area contributed by atoms with Crippen LogP contribution in [0.15, 0.2) is 29.3 Å². The van der Waals surface area contributed by atoms with Crippen LogP contribution in [0, 0.1) is 0 Å². The van der Waals surface area contributed by atoms with E-state index in [0.29, 0.717) is 12.6 Å². The van der Waals surface area contributed by atoms with Gasteiger partial charge in [-0.3, -0.25) is 14.7 Å². The molecule has 3 aliphatic rings. The Balaban J connectivity index is 1.23. The van der Waals surface area contributed by atoms with Crippen molar-refractivity contribution in [2.75, 3.05) is 33.2 Å². The average molecular weight is 412 g/mol. The van der Waals surface area contributed by atoms with Gasteiger partial charge >= 0.3 is 0 Å². The molecule has 1 aromatic carbocycles. The molecule has 0 spiro atoms. The van der Waals surface area contributed by atoms with Gasteiger partial charge in [0.15, 0.2) is 5.96 Å². The van der Waals surface area contributed by atoms with E-state index in [-0.39, 0.29) is 5.91 Å². The minimum absolute atomic E-state index is 0.166.